The van der Waals surface area contributed by atoms with Crippen LogP contribution < -0.4 is 16.0 Å². The minimum Gasteiger partial charge on any atom is -0.347 e. The van der Waals surface area contributed by atoms with Crippen LogP contribution in [0.1, 0.15) is 49.7 Å². The van der Waals surface area contributed by atoms with Crippen molar-refractivity contribution in [1.82, 2.24) is 15.6 Å². The zero-order valence-electron chi connectivity index (χ0n) is 15.0. The van der Waals surface area contributed by atoms with E-state index >= 15 is 0 Å². The van der Waals surface area contributed by atoms with Crippen molar-refractivity contribution in [1.29, 1.82) is 0 Å². The van der Waals surface area contributed by atoms with Gasteiger partial charge in [0.2, 0.25) is 0 Å². The number of hydrogen-bond donors (Lipinski definition) is 3. The molecule has 6 nitrogen and oxygen atoms in total. The van der Waals surface area contributed by atoms with Crippen LogP contribution in [0.25, 0.3) is 0 Å². The molecule has 0 unspecified atom stereocenters. The first-order valence-corrected chi connectivity index (χ1v) is 8.15. The maximum Gasteiger partial charge on any atom is 0.319 e. The zero-order valence-corrected chi connectivity index (χ0v) is 15.0. The number of amides is 3. The molecule has 0 spiro atoms. The number of nitrogens with one attached hydrogen (secondary N) is 3. The number of aromatic nitrogens is 1. The van der Waals surface area contributed by atoms with Gasteiger partial charge in [-0.15, -0.1) is 0 Å². The Morgan fingerprint density at radius 3 is 2.32 bits per heavy atom. The standard InChI is InChI=1S/C19H24N4O2/c1-13(14-9-11-20-12-10-14)21-18(25)22-16-8-6-5-7-15(16)17(24)23-19(2,3)4/h5-13H,1-4H3,(H,23,24)(H2,21,22,25)/t13-/m0/s1. The van der Waals surface area contributed by atoms with Crippen molar-refractivity contribution in [3.63, 3.8) is 0 Å². The Labute approximate surface area is 148 Å². The van der Waals surface area contributed by atoms with Gasteiger partial charge in [-0.05, 0) is 57.5 Å². The van der Waals surface area contributed by atoms with Crippen LogP contribution in [0.3, 0.4) is 0 Å². The summed E-state index contributed by atoms with van der Waals surface area (Å²) < 4.78 is 0. The molecule has 3 amide bonds. The van der Waals surface area contributed by atoms with Crippen LogP contribution in [0.2, 0.25) is 0 Å². The van der Waals surface area contributed by atoms with Crippen molar-refractivity contribution in [2.45, 2.75) is 39.3 Å². The molecule has 1 aromatic heterocycles. The van der Waals surface area contributed by atoms with Gasteiger partial charge in [-0.2, -0.15) is 0 Å². The minimum absolute atomic E-state index is 0.182. The number of urea groups is 1. The van der Waals surface area contributed by atoms with E-state index in [-0.39, 0.29) is 23.5 Å². The number of anilines is 1. The third kappa shape index (κ3) is 5.60. The fourth-order valence-corrected chi connectivity index (χ4v) is 2.29. The molecule has 0 aliphatic carbocycles. The van der Waals surface area contributed by atoms with Gasteiger partial charge in [-0.1, -0.05) is 12.1 Å². The maximum absolute atomic E-state index is 12.4. The zero-order chi connectivity index (χ0) is 18.4. The number of hydrogen-bond acceptors (Lipinski definition) is 3. The van der Waals surface area contributed by atoms with Crippen molar-refractivity contribution >= 4 is 17.6 Å². The van der Waals surface area contributed by atoms with Crippen LogP contribution in [0.15, 0.2) is 48.8 Å². The van der Waals surface area contributed by atoms with Crippen molar-refractivity contribution in [3.05, 3.63) is 59.9 Å². The lowest BCUT2D eigenvalue weighted by Crippen LogP contribution is -2.41. The summed E-state index contributed by atoms with van der Waals surface area (Å²) in [5, 5.41) is 8.50. The van der Waals surface area contributed by atoms with Crippen LogP contribution in [0, 0.1) is 0 Å². The van der Waals surface area contributed by atoms with Gasteiger partial charge >= 0.3 is 6.03 Å². The molecular formula is C19H24N4O2. The fraction of sp³-hybridized carbons (Fsp3) is 0.316. The topological polar surface area (TPSA) is 83.1 Å². The summed E-state index contributed by atoms with van der Waals surface area (Å²) in [4.78, 5) is 28.7. The van der Waals surface area contributed by atoms with E-state index in [0.29, 0.717) is 11.3 Å². The Morgan fingerprint density at radius 2 is 1.68 bits per heavy atom. The molecule has 3 N–H and O–H groups in total. The highest BCUT2D eigenvalue weighted by molar-refractivity contribution is 6.03. The van der Waals surface area contributed by atoms with Crippen LogP contribution in [0.5, 0.6) is 0 Å². The van der Waals surface area contributed by atoms with Gasteiger partial charge < -0.3 is 16.0 Å². The molecule has 0 bridgehead atoms. The third-order valence-electron chi connectivity index (χ3n) is 3.46. The Kier molecular flexibility index (Phi) is 5.75. The van der Waals surface area contributed by atoms with Gasteiger partial charge in [0, 0.05) is 17.9 Å². The molecule has 0 aliphatic heterocycles. The number of carbonyl (C=O) groups is 2. The summed E-state index contributed by atoms with van der Waals surface area (Å²) in [6.45, 7) is 7.60. The molecule has 25 heavy (non-hydrogen) atoms. The molecule has 2 rings (SSSR count). The highest BCUT2D eigenvalue weighted by Crippen LogP contribution is 2.17. The number of carbonyl (C=O) groups excluding carboxylic acids is 2. The molecule has 0 fully saturated rings. The fourth-order valence-electron chi connectivity index (χ4n) is 2.29. The van der Waals surface area contributed by atoms with Gasteiger partial charge in [0.05, 0.1) is 17.3 Å². The summed E-state index contributed by atoms with van der Waals surface area (Å²) in [5.74, 6) is -0.231. The predicted molar refractivity (Wildman–Crippen MR) is 98.5 cm³/mol. The SMILES string of the molecule is C[C@H](NC(=O)Nc1ccccc1C(=O)NC(C)(C)C)c1ccncc1. The van der Waals surface area contributed by atoms with E-state index in [1.807, 2.05) is 39.8 Å². The van der Waals surface area contributed by atoms with Gasteiger partial charge in [0.15, 0.2) is 0 Å². The van der Waals surface area contributed by atoms with Crippen molar-refractivity contribution in [2.75, 3.05) is 5.32 Å². The van der Waals surface area contributed by atoms with E-state index in [1.54, 1.807) is 36.7 Å². The minimum atomic E-state index is -0.375. The smallest absolute Gasteiger partial charge is 0.319 e. The van der Waals surface area contributed by atoms with E-state index in [0.717, 1.165) is 5.56 Å². The Morgan fingerprint density at radius 1 is 1.04 bits per heavy atom. The second-order valence-electron chi connectivity index (χ2n) is 6.85. The third-order valence-corrected chi connectivity index (χ3v) is 3.46. The van der Waals surface area contributed by atoms with Crippen LogP contribution in [-0.2, 0) is 0 Å². The van der Waals surface area contributed by atoms with Gasteiger partial charge in [0.1, 0.15) is 0 Å². The molecule has 0 saturated carbocycles. The molecule has 0 radical (unpaired) electrons. The predicted octanol–water partition coefficient (Wildman–Crippen LogP) is 3.49. The van der Waals surface area contributed by atoms with E-state index < -0.39 is 0 Å². The van der Waals surface area contributed by atoms with Crippen molar-refractivity contribution in [2.24, 2.45) is 0 Å². The highest BCUT2D eigenvalue weighted by Gasteiger charge is 2.19. The first-order chi connectivity index (χ1) is 11.8. The lowest BCUT2D eigenvalue weighted by Gasteiger charge is -2.22. The first-order valence-electron chi connectivity index (χ1n) is 8.15. The van der Waals surface area contributed by atoms with Gasteiger partial charge in [0.25, 0.3) is 5.91 Å². The normalized spacial score (nSPS) is 12.2. The van der Waals surface area contributed by atoms with Gasteiger partial charge in [-0.3, -0.25) is 9.78 Å². The molecule has 1 heterocycles. The summed E-state index contributed by atoms with van der Waals surface area (Å²) in [7, 11) is 0. The molecule has 0 saturated heterocycles. The van der Waals surface area contributed by atoms with Crippen LogP contribution >= 0.6 is 0 Å². The highest BCUT2D eigenvalue weighted by atomic mass is 16.2. The summed E-state index contributed by atoms with van der Waals surface area (Å²) >= 11 is 0. The van der Waals surface area contributed by atoms with Crippen LogP contribution in [-0.4, -0.2) is 22.5 Å². The largest absolute Gasteiger partial charge is 0.347 e. The lowest BCUT2D eigenvalue weighted by molar-refractivity contribution is 0.0920. The molecule has 6 heteroatoms. The number of benzene rings is 1. The summed E-state index contributed by atoms with van der Waals surface area (Å²) in [6, 6.07) is 10.1. The van der Waals surface area contributed by atoms with E-state index in [9.17, 15) is 9.59 Å². The van der Waals surface area contributed by atoms with Gasteiger partial charge in [-0.25, -0.2) is 4.79 Å². The molecule has 0 aliphatic rings. The molecular weight excluding hydrogens is 316 g/mol. The average molecular weight is 340 g/mol. The monoisotopic (exact) mass is 340 g/mol. The second-order valence-corrected chi connectivity index (χ2v) is 6.85. The van der Waals surface area contributed by atoms with Crippen molar-refractivity contribution in [3.8, 4) is 0 Å². The Balaban J connectivity index is 2.07. The number of nitrogens with zero attached hydrogens (tertiary/aromatic N) is 1. The molecule has 1 atom stereocenters. The summed E-state index contributed by atoms with van der Waals surface area (Å²) in [5.41, 5.74) is 1.47. The Hall–Kier alpha value is -2.89. The lowest BCUT2D eigenvalue weighted by atomic mass is 10.1. The van der Waals surface area contributed by atoms with E-state index in [1.165, 1.54) is 0 Å². The van der Waals surface area contributed by atoms with E-state index in [2.05, 4.69) is 20.9 Å². The Bertz CT molecular complexity index is 739. The second kappa shape index (κ2) is 7.79. The number of pyridine rings is 1. The number of rotatable bonds is 4. The molecule has 132 valence electrons. The molecule has 2 aromatic rings. The average Bonchev–Trinajstić information content (AvgIpc) is 2.54. The first kappa shape index (κ1) is 18.4. The molecule has 1 aromatic carbocycles. The van der Waals surface area contributed by atoms with E-state index in [4.69, 9.17) is 0 Å². The maximum atomic E-state index is 12.4. The quantitative estimate of drug-likeness (QED) is 0.796. The van der Waals surface area contributed by atoms with Crippen LogP contribution in [0.4, 0.5) is 10.5 Å². The number of para-hydroxylation sites is 1. The summed E-state index contributed by atoms with van der Waals surface area (Å²) in [6.07, 6.45) is 3.36. The van der Waals surface area contributed by atoms with Crippen molar-refractivity contribution < 1.29 is 9.59 Å².